The Bertz CT molecular complexity index is 577. The Morgan fingerprint density at radius 3 is 2.81 bits per heavy atom. The Morgan fingerprint density at radius 1 is 1.33 bits per heavy atom. The summed E-state index contributed by atoms with van der Waals surface area (Å²) in [7, 11) is 1.73. The zero-order chi connectivity index (χ0) is 15.2. The highest BCUT2D eigenvalue weighted by Crippen LogP contribution is 2.30. The summed E-state index contributed by atoms with van der Waals surface area (Å²) in [4.78, 5) is 0. The van der Waals surface area contributed by atoms with Crippen LogP contribution in [0.25, 0.3) is 10.9 Å². The van der Waals surface area contributed by atoms with Gasteiger partial charge in [-0.3, -0.25) is 0 Å². The van der Waals surface area contributed by atoms with Crippen LogP contribution in [0.15, 0.2) is 24.4 Å². The lowest BCUT2D eigenvalue weighted by Crippen LogP contribution is -2.18. The number of alkyl halides is 1. The van der Waals surface area contributed by atoms with Gasteiger partial charge in [0.25, 0.3) is 0 Å². The first-order valence-corrected chi connectivity index (χ1v) is 8.12. The molecule has 0 saturated carbocycles. The molecule has 1 aromatic carbocycles. The largest absolute Gasteiger partial charge is 0.495 e. The molecule has 4 heteroatoms. The van der Waals surface area contributed by atoms with E-state index in [1.165, 1.54) is 16.5 Å². The summed E-state index contributed by atoms with van der Waals surface area (Å²) in [5, 5.41) is 4.78. The van der Waals surface area contributed by atoms with Gasteiger partial charge in [-0.15, -0.1) is 11.6 Å². The van der Waals surface area contributed by atoms with Gasteiger partial charge in [0.15, 0.2) is 0 Å². The lowest BCUT2D eigenvalue weighted by molar-refractivity contribution is 0.417. The first-order valence-electron chi connectivity index (χ1n) is 7.58. The number of hydrogen-bond donors (Lipinski definition) is 1. The van der Waals surface area contributed by atoms with Gasteiger partial charge in [0, 0.05) is 30.6 Å². The van der Waals surface area contributed by atoms with E-state index in [2.05, 4.69) is 42.1 Å². The standard InChI is InChI=1S/C17H25ClN2O/c1-13(2)10-19-11-14-12-20(9-5-8-18)17-15(14)6-4-7-16(17)21-3/h4,6-7,12-13,19H,5,8-11H2,1-3H3. The van der Waals surface area contributed by atoms with Crippen LogP contribution in [0.5, 0.6) is 5.75 Å². The molecule has 0 amide bonds. The van der Waals surface area contributed by atoms with Crippen LogP contribution >= 0.6 is 11.6 Å². The molecule has 2 rings (SSSR count). The highest BCUT2D eigenvalue weighted by molar-refractivity contribution is 6.17. The molecule has 21 heavy (non-hydrogen) atoms. The number of methoxy groups -OCH3 is 1. The van der Waals surface area contributed by atoms with Crippen molar-refractivity contribution >= 4 is 22.5 Å². The van der Waals surface area contributed by atoms with Gasteiger partial charge in [0.05, 0.1) is 12.6 Å². The van der Waals surface area contributed by atoms with Crippen LogP contribution in [0.1, 0.15) is 25.8 Å². The fourth-order valence-electron chi connectivity index (χ4n) is 2.61. The number of nitrogens with one attached hydrogen (secondary N) is 1. The molecule has 1 aromatic heterocycles. The number of nitrogens with zero attached hydrogens (tertiary/aromatic N) is 1. The molecule has 0 atom stereocenters. The lowest BCUT2D eigenvalue weighted by atomic mass is 10.1. The van der Waals surface area contributed by atoms with Crippen molar-refractivity contribution in [3.8, 4) is 5.75 Å². The Balaban J connectivity index is 2.32. The quantitative estimate of drug-likeness (QED) is 0.745. The smallest absolute Gasteiger partial charge is 0.143 e. The summed E-state index contributed by atoms with van der Waals surface area (Å²) in [6.45, 7) is 7.28. The van der Waals surface area contributed by atoms with Crippen molar-refractivity contribution in [2.75, 3.05) is 19.5 Å². The molecular formula is C17H25ClN2O. The fourth-order valence-corrected chi connectivity index (χ4v) is 2.73. The van der Waals surface area contributed by atoms with E-state index in [0.717, 1.165) is 31.8 Å². The minimum Gasteiger partial charge on any atom is -0.495 e. The van der Waals surface area contributed by atoms with E-state index in [1.807, 2.05) is 6.07 Å². The number of hydrogen-bond acceptors (Lipinski definition) is 2. The first-order chi connectivity index (χ1) is 10.2. The predicted molar refractivity (Wildman–Crippen MR) is 90.4 cm³/mol. The highest BCUT2D eigenvalue weighted by atomic mass is 35.5. The van der Waals surface area contributed by atoms with Gasteiger partial charge in [-0.25, -0.2) is 0 Å². The minimum absolute atomic E-state index is 0.657. The molecule has 0 fully saturated rings. The van der Waals surface area contributed by atoms with Crippen molar-refractivity contribution in [2.45, 2.75) is 33.4 Å². The Hall–Kier alpha value is -1.19. The van der Waals surface area contributed by atoms with Crippen LogP contribution in [0.4, 0.5) is 0 Å². The van der Waals surface area contributed by atoms with Crippen molar-refractivity contribution in [1.29, 1.82) is 0 Å². The lowest BCUT2D eigenvalue weighted by Gasteiger charge is -2.08. The van der Waals surface area contributed by atoms with Crippen LogP contribution in [0, 0.1) is 5.92 Å². The summed E-state index contributed by atoms with van der Waals surface area (Å²) in [5.74, 6) is 2.26. The van der Waals surface area contributed by atoms with E-state index in [0.29, 0.717) is 11.8 Å². The number of para-hydroxylation sites is 1. The number of rotatable bonds is 8. The first kappa shape index (κ1) is 16.2. The van der Waals surface area contributed by atoms with E-state index in [1.54, 1.807) is 7.11 Å². The molecule has 1 N–H and O–H groups in total. The minimum atomic E-state index is 0.657. The van der Waals surface area contributed by atoms with Crippen LogP contribution in [-0.4, -0.2) is 24.1 Å². The van der Waals surface area contributed by atoms with Gasteiger partial charge in [0.1, 0.15) is 5.75 Å². The third-order valence-electron chi connectivity index (χ3n) is 3.56. The van der Waals surface area contributed by atoms with Crippen molar-refractivity contribution in [1.82, 2.24) is 9.88 Å². The zero-order valence-corrected chi connectivity index (χ0v) is 13.9. The molecule has 0 aliphatic rings. The number of aromatic nitrogens is 1. The number of halogens is 1. The topological polar surface area (TPSA) is 26.2 Å². The van der Waals surface area contributed by atoms with Gasteiger partial charge < -0.3 is 14.6 Å². The van der Waals surface area contributed by atoms with Gasteiger partial charge in [0.2, 0.25) is 0 Å². The second-order valence-corrected chi connectivity index (χ2v) is 6.15. The van der Waals surface area contributed by atoms with Crippen LogP contribution in [0.3, 0.4) is 0 Å². The second-order valence-electron chi connectivity index (χ2n) is 5.77. The van der Waals surface area contributed by atoms with Gasteiger partial charge in [-0.1, -0.05) is 26.0 Å². The Morgan fingerprint density at radius 2 is 2.14 bits per heavy atom. The fraction of sp³-hybridized carbons (Fsp3) is 0.529. The highest BCUT2D eigenvalue weighted by Gasteiger charge is 2.12. The van der Waals surface area contributed by atoms with Crippen LogP contribution in [0.2, 0.25) is 0 Å². The normalized spacial score (nSPS) is 11.5. The number of fused-ring (bicyclic) bond motifs is 1. The maximum atomic E-state index is 5.84. The second kappa shape index (κ2) is 7.71. The molecular weight excluding hydrogens is 284 g/mol. The molecule has 3 nitrogen and oxygen atoms in total. The molecule has 0 radical (unpaired) electrons. The summed E-state index contributed by atoms with van der Waals surface area (Å²) in [6, 6.07) is 6.24. The van der Waals surface area contributed by atoms with Gasteiger partial charge >= 0.3 is 0 Å². The van der Waals surface area contributed by atoms with Crippen LogP contribution in [-0.2, 0) is 13.1 Å². The third-order valence-corrected chi connectivity index (χ3v) is 3.83. The van der Waals surface area contributed by atoms with E-state index >= 15 is 0 Å². The van der Waals surface area contributed by atoms with Crippen molar-refractivity contribution in [2.24, 2.45) is 5.92 Å². The van der Waals surface area contributed by atoms with Crippen molar-refractivity contribution < 1.29 is 4.74 Å². The third kappa shape index (κ3) is 3.92. The molecule has 1 heterocycles. The summed E-state index contributed by atoms with van der Waals surface area (Å²) < 4.78 is 7.80. The molecule has 0 spiro atoms. The van der Waals surface area contributed by atoms with E-state index in [9.17, 15) is 0 Å². The van der Waals surface area contributed by atoms with Crippen molar-refractivity contribution in [3.63, 3.8) is 0 Å². The maximum absolute atomic E-state index is 5.84. The van der Waals surface area contributed by atoms with Gasteiger partial charge in [-0.2, -0.15) is 0 Å². The predicted octanol–water partition coefficient (Wildman–Crippen LogP) is 4.02. The monoisotopic (exact) mass is 308 g/mol. The molecule has 0 saturated heterocycles. The maximum Gasteiger partial charge on any atom is 0.143 e. The molecule has 0 aliphatic heterocycles. The summed E-state index contributed by atoms with van der Waals surface area (Å²) >= 11 is 5.84. The zero-order valence-electron chi connectivity index (χ0n) is 13.2. The molecule has 2 aromatic rings. The SMILES string of the molecule is COc1cccc2c(CNCC(C)C)cn(CCCCl)c12. The molecule has 0 bridgehead atoms. The number of aryl methyl sites for hydroxylation is 1. The van der Waals surface area contributed by atoms with E-state index in [4.69, 9.17) is 16.3 Å². The molecule has 116 valence electrons. The number of ether oxygens (including phenoxy) is 1. The van der Waals surface area contributed by atoms with E-state index in [-0.39, 0.29) is 0 Å². The summed E-state index contributed by atoms with van der Waals surface area (Å²) in [6.07, 6.45) is 3.19. The van der Waals surface area contributed by atoms with Crippen molar-refractivity contribution in [3.05, 3.63) is 30.0 Å². The molecule has 0 aliphatic carbocycles. The summed E-state index contributed by atoms with van der Waals surface area (Å²) in [5.41, 5.74) is 2.49. The number of benzene rings is 1. The van der Waals surface area contributed by atoms with Gasteiger partial charge in [-0.05, 0) is 30.5 Å². The van der Waals surface area contributed by atoms with E-state index < -0.39 is 0 Å². The molecule has 0 unspecified atom stereocenters. The average molecular weight is 309 g/mol. The Labute approximate surface area is 132 Å². The van der Waals surface area contributed by atoms with Crippen LogP contribution < -0.4 is 10.1 Å². The Kier molecular flexibility index (Phi) is 5.95. The average Bonchev–Trinajstić information content (AvgIpc) is 2.83.